The molecule has 4 heteroatoms. The Bertz CT molecular complexity index is 948. The molecule has 0 saturated carbocycles. The minimum Gasteiger partial charge on any atom is -0.491 e. The van der Waals surface area contributed by atoms with Gasteiger partial charge in [0, 0.05) is 6.42 Å². The predicted octanol–water partition coefficient (Wildman–Crippen LogP) is 6.01. The Balaban J connectivity index is 1.73. The number of rotatable bonds is 7. The van der Waals surface area contributed by atoms with Gasteiger partial charge in [-0.3, -0.25) is 4.79 Å². The third-order valence-electron chi connectivity index (χ3n) is 4.47. The summed E-state index contributed by atoms with van der Waals surface area (Å²) in [6, 6.07) is 19.9. The molecule has 0 spiro atoms. The van der Waals surface area contributed by atoms with Gasteiger partial charge in [0.1, 0.15) is 17.2 Å². The maximum absolute atomic E-state index is 11.6. The van der Waals surface area contributed by atoms with Gasteiger partial charge in [0.05, 0.1) is 12.1 Å². The lowest BCUT2D eigenvalue weighted by molar-refractivity contribution is -0.121. The van der Waals surface area contributed by atoms with Crippen molar-refractivity contribution in [3.05, 3.63) is 66.2 Å². The number of amides is 1. The van der Waals surface area contributed by atoms with E-state index in [1.807, 2.05) is 76.2 Å². The molecule has 28 heavy (non-hydrogen) atoms. The minimum absolute atomic E-state index is 0.0145. The van der Waals surface area contributed by atoms with Crippen LogP contribution in [0.5, 0.6) is 17.2 Å². The van der Waals surface area contributed by atoms with Gasteiger partial charge in [0.25, 0.3) is 0 Å². The molecule has 0 fully saturated rings. The van der Waals surface area contributed by atoms with Crippen LogP contribution in [0.1, 0.15) is 45.7 Å². The van der Waals surface area contributed by atoms with Gasteiger partial charge in [-0.05, 0) is 79.6 Å². The van der Waals surface area contributed by atoms with Gasteiger partial charge in [0.15, 0.2) is 0 Å². The quantitative estimate of drug-likeness (QED) is 0.549. The van der Waals surface area contributed by atoms with E-state index in [2.05, 4.69) is 17.4 Å². The van der Waals surface area contributed by atoms with Gasteiger partial charge in [-0.2, -0.15) is 0 Å². The Hall–Kier alpha value is -3.01. The Morgan fingerprint density at radius 2 is 1.46 bits per heavy atom. The fourth-order valence-corrected chi connectivity index (χ4v) is 3.00. The molecule has 0 aliphatic rings. The number of carbonyl (C=O) groups excluding carboxylic acids is 1. The highest BCUT2D eigenvalue weighted by atomic mass is 16.5. The van der Waals surface area contributed by atoms with Gasteiger partial charge in [0.2, 0.25) is 5.91 Å². The molecule has 1 atom stereocenters. The number of hydrogen-bond acceptors (Lipinski definition) is 3. The first-order chi connectivity index (χ1) is 13.4. The Kier molecular flexibility index (Phi) is 6.19. The second-order valence-corrected chi connectivity index (χ2v) is 7.15. The van der Waals surface area contributed by atoms with Crippen LogP contribution in [0.15, 0.2) is 60.7 Å². The second-order valence-electron chi connectivity index (χ2n) is 7.15. The third kappa shape index (κ3) is 5.03. The van der Waals surface area contributed by atoms with Crippen LogP contribution in [0.3, 0.4) is 0 Å². The zero-order valence-corrected chi connectivity index (χ0v) is 16.9. The molecule has 0 heterocycles. The SMILES string of the molecule is CCC(=O)NC(C)c1ccc2cc(Oc3ccc(OC(C)C)cc3)ccc2c1. The smallest absolute Gasteiger partial charge is 0.220 e. The molecule has 0 bridgehead atoms. The van der Waals surface area contributed by atoms with Gasteiger partial charge in [-0.25, -0.2) is 0 Å². The van der Waals surface area contributed by atoms with E-state index in [4.69, 9.17) is 9.47 Å². The van der Waals surface area contributed by atoms with E-state index in [0.717, 1.165) is 33.6 Å². The zero-order valence-electron chi connectivity index (χ0n) is 16.9. The molecule has 3 aromatic carbocycles. The fraction of sp³-hybridized carbons (Fsp3) is 0.292. The van der Waals surface area contributed by atoms with Crippen LogP contribution >= 0.6 is 0 Å². The average molecular weight is 377 g/mol. The first-order valence-corrected chi connectivity index (χ1v) is 9.72. The maximum atomic E-state index is 11.6. The van der Waals surface area contributed by atoms with Crippen LogP contribution in [-0.4, -0.2) is 12.0 Å². The summed E-state index contributed by atoms with van der Waals surface area (Å²) < 4.78 is 11.6. The highest BCUT2D eigenvalue weighted by Gasteiger charge is 2.09. The lowest BCUT2D eigenvalue weighted by atomic mass is 10.0. The molecule has 3 rings (SSSR count). The second kappa shape index (κ2) is 8.79. The molecule has 1 amide bonds. The molecule has 1 N–H and O–H groups in total. The number of nitrogens with one attached hydrogen (secondary N) is 1. The molecule has 146 valence electrons. The zero-order chi connectivity index (χ0) is 20.1. The van der Waals surface area contributed by atoms with Crippen LogP contribution in [0.4, 0.5) is 0 Å². The predicted molar refractivity (Wildman–Crippen MR) is 113 cm³/mol. The van der Waals surface area contributed by atoms with Crippen LogP contribution in [0.2, 0.25) is 0 Å². The standard InChI is InChI=1S/C24H27NO3/c1-5-24(26)25-17(4)18-6-7-20-15-23(9-8-19(20)14-18)28-22-12-10-21(11-13-22)27-16(2)3/h6-17H,5H2,1-4H3,(H,25,26). The molecular weight excluding hydrogens is 350 g/mol. The fourth-order valence-electron chi connectivity index (χ4n) is 3.00. The summed E-state index contributed by atoms with van der Waals surface area (Å²) >= 11 is 0. The van der Waals surface area contributed by atoms with Crippen LogP contribution in [0.25, 0.3) is 10.8 Å². The van der Waals surface area contributed by atoms with Crippen molar-refractivity contribution in [2.75, 3.05) is 0 Å². The molecule has 0 aliphatic carbocycles. The van der Waals surface area contributed by atoms with Crippen LogP contribution < -0.4 is 14.8 Å². The van der Waals surface area contributed by atoms with Crippen molar-refractivity contribution in [3.8, 4) is 17.2 Å². The highest BCUT2D eigenvalue weighted by molar-refractivity contribution is 5.85. The molecule has 1 unspecified atom stereocenters. The monoisotopic (exact) mass is 377 g/mol. The lowest BCUT2D eigenvalue weighted by Crippen LogP contribution is -2.25. The summed E-state index contributed by atoms with van der Waals surface area (Å²) in [5, 5.41) is 5.20. The van der Waals surface area contributed by atoms with Gasteiger partial charge in [-0.15, -0.1) is 0 Å². The average Bonchev–Trinajstić information content (AvgIpc) is 2.68. The van der Waals surface area contributed by atoms with E-state index in [9.17, 15) is 4.79 Å². The summed E-state index contributed by atoms with van der Waals surface area (Å²) in [6.45, 7) is 7.86. The van der Waals surface area contributed by atoms with Crippen molar-refractivity contribution < 1.29 is 14.3 Å². The van der Waals surface area contributed by atoms with Crippen molar-refractivity contribution >= 4 is 16.7 Å². The molecule has 0 radical (unpaired) electrons. The Labute approximate surface area is 166 Å². The van der Waals surface area contributed by atoms with Crippen molar-refractivity contribution in [2.24, 2.45) is 0 Å². The largest absolute Gasteiger partial charge is 0.491 e. The van der Waals surface area contributed by atoms with E-state index < -0.39 is 0 Å². The summed E-state index contributed by atoms with van der Waals surface area (Å²) in [5.74, 6) is 2.44. The molecule has 3 aromatic rings. The topological polar surface area (TPSA) is 47.6 Å². The summed E-state index contributed by atoms with van der Waals surface area (Å²) in [7, 11) is 0. The third-order valence-corrected chi connectivity index (χ3v) is 4.47. The normalized spacial score (nSPS) is 12.0. The number of carbonyl (C=O) groups is 1. The van der Waals surface area contributed by atoms with Gasteiger partial charge < -0.3 is 14.8 Å². The molecule has 4 nitrogen and oxygen atoms in total. The minimum atomic E-state index is -0.0145. The number of hydrogen-bond donors (Lipinski definition) is 1. The maximum Gasteiger partial charge on any atom is 0.220 e. The van der Waals surface area contributed by atoms with E-state index in [1.165, 1.54) is 0 Å². The number of fused-ring (bicyclic) bond motifs is 1. The molecular formula is C24H27NO3. The van der Waals surface area contributed by atoms with Crippen LogP contribution in [-0.2, 0) is 4.79 Å². The van der Waals surface area contributed by atoms with Crippen molar-refractivity contribution in [1.29, 1.82) is 0 Å². The van der Waals surface area contributed by atoms with Gasteiger partial charge >= 0.3 is 0 Å². The lowest BCUT2D eigenvalue weighted by Gasteiger charge is -2.15. The Morgan fingerprint density at radius 1 is 0.857 bits per heavy atom. The number of benzene rings is 3. The van der Waals surface area contributed by atoms with Crippen molar-refractivity contribution in [3.63, 3.8) is 0 Å². The van der Waals surface area contributed by atoms with E-state index >= 15 is 0 Å². The number of ether oxygens (including phenoxy) is 2. The van der Waals surface area contributed by atoms with E-state index in [0.29, 0.717) is 6.42 Å². The highest BCUT2D eigenvalue weighted by Crippen LogP contribution is 2.28. The summed E-state index contributed by atoms with van der Waals surface area (Å²) in [6.07, 6.45) is 0.638. The summed E-state index contributed by atoms with van der Waals surface area (Å²) in [5.41, 5.74) is 1.09. The Morgan fingerprint density at radius 3 is 2.14 bits per heavy atom. The summed E-state index contributed by atoms with van der Waals surface area (Å²) in [4.78, 5) is 11.6. The van der Waals surface area contributed by atoms with E-state index in [-0.39, 0.29) is 18.1 Å². The first-order valence-electron chi connectivity index (χ1n) is 9.72. The van der Waals surface area contributed by atoms with Crippen molar-refractivity contribution in [2.45, 2.75) is 46.3 Å². The molecule has 0 aliphatic heterocycles. The van der Waals surface area contributed by atoms with Gasteiger partial charge in [-0.1, -0.05) is 25.1 Å². The van der Waals surface area contributed by atoms with E-state index in [1.54, 1.807) is 0 Å². The molecule has 0 saturated heterocycles. The van der Waals surface area contributed by atoms with Crippen molar-refractivity contribution in [1.82, 2.24) is 5.32 Å². The molecule has 0 aromatic heterocycles. The first kappa shape index (κ1) is 19.7. The van der Waals surface area contributed by atoms with Crippen LogP contribution in [0, 0.1) is 0 Å².